The molecule has 1 aromatic carbocycles. The Bertz CT molecular complexity index is 679. The third-order valence-corrected chi connectivity index (χ3v) is 3.77. The molecule has 0 radical (unpaired) electrons. The molecular weight excluding hydrogens is 350 g/mol. The zero-order valence-electron chi connectivity index (χ0n) is 13.8. The Morgan fingerprint density at radius 2 is 2.08 bits per heavy atom. The highest BCUT2D eigenvalue weighted by molar-refractivity contribution is 7.98. The number of furan rings is 1. The summed E-state index contributed by atoms with van der Waals surface area (Å²) in [5.41, 5.74) is 0.683. The number of carbonyl (C=O) groups excluding carboxylic acids is 1. The number of rotatable bonds is 10. The number of nitrogens with one attached hydrogen (secondary N) is 2. The molecule has 2 N–H and O–H groups in total. The Morgan fingerprint density at radius 1 is 1.28 bits per heavy atom. The van der Waals surface area contributed by atoms with Gasteiger partial charge in [0.1, 0.15) is 23.9 Å². The molecule has 1 amide bonds. The molecule has 1 heterocycles. The number of hydrogen-bond donors (Lipinski definition) is 2. The lowest BCUT2D eigenvalue weighted by molar-refractivity contribution is -0.114. The molecule has 0 fully saturated rings. The van der Waals surface area contributed by atoms with Crippen LogP contribution in [0.4, 0.5) is 14.5 Å². The zero-order chi connectivity index (χ0) is 18.1. The first-order valence-corrected chi connectivity index (χ1v) is 8.76. The number of ether oxygens (including phenoxy) is 1. The summed E-state index contributed by atoms with van der Waals surface area (Å²) in [6, 6.07) is 10.6. The van der Waals surface area contributed by atoms with E-state index >= 15 is 0 Å². The van der Waals surface area contributed by atoms with Gasteiger partial charge in [0, 0.05) is 25.2 Å². The lowest BCUT2D eigenvalue weighted by Gasteiger charge is -2.09. The van der Waals surface area contributed by atoms with E-state index in [1.165, 1.54) is 6.92 Å². The summed E-state index contributed by atoms with van der Waals surface area (Å²) in [6.07, 6.45) is 0. The second-order valence-electron chi connectivity index (χ2n) is 5.17. The fourth-order valence-electron chi connectivity index (χ4n) is 2.06. The van der Waals surface area contributed by atoms with E-state index in [9.17, 15) is 13.6 Å². The molecule has 8 heteroatoms. The van der Waals surface area contributed by atoms with Crippen molar-refractivity contribution in [1.82, 2.24) is 5.32 Å². The van der Waals surface area contributed by atoms with Gasteiger partial charge in [0.25, 0.3) is 5.76 Å². The normalized spacial score (nSPS) is 10.9. The van der Waals surface area contributed by atoms with Crippen molar-refractivity contribution < 1.29 is 22.7 Å². The smallest absolute Gasteiger partial charge is 0.284 e. The van der Waals surface area contributed by atoms with Crippen LogP contribution in [0, 0.1) is 0 Å². The highest BCUT2D eigenvalue weighted by atomic mass is 32.2. The van der Waals surface area contributed by atoms with Crippen molar-refractivity contribution in [3.8, 4) is 5.75 Å². The maximum atomic E-state index is 12.1. The second kappa shape index (κ2) is 10.0. The summed E-state index contributed by atoms with van der Waals surface area (Å²) in [5, 5.41) is 5.85. The summed E-state index contributed by atoms with van der Waals surface area (Å²) in [6.45, 7) is 2.98. The zero-order valence-corrected chi connectivity index (χ0v) is 14.6. The van der Waals surface area contributed by atoms with Gasteiger partial charge in [-0.3, -0.25) is 4.79 Å². The van der Waals surface area contributed by atoms with Crippen LogP contribution in [0.3, 0.4) is 0 Å². The fourth-order valence-corrected chi connectivity index (χ4v) is 2.50. The molecule has 2 rings (SSSR count). The Balaban J connectivity index is 1.65. The van der Waals surface area contributed by atoms with Crippen LogP contribution in [-0.2, 0) is 17.1 Å². The lowest BCUT2D eigenvalue weighted by atomic mass is 10.3. The first kappa shape index (κ1) is 19.3. The molecule has 136 valence electrons. The monoisotopic (exact) mass is 370 g/mol. The number of thioether (sulfide) groups is 1. The minimum Gasteiger partial charge on any atom is -0.492 e. The van der Waals surface area contributed by atoms with Gasteiger partial charge in [0.2, 0.25) is 5.91 Å². The minimum atomic E-state index is -2.40. The average molecular weight is 370 g/mol. The van der Waals surface area contributed by atoms with E-state index in [1.807, 2.05) is 6.07 Å². The third kappa shape index (κ3) is 7.57. The maximum absolute atomic E-state index is 12.1. The number of anilines is 1. The van der Waals surface area contributed by atoms with Crippen LogP contribution in [0.2, 0.25) is 0 Å². The number of carbonyl (C=O) groups is 1. The van der Waals surface area contributed by atoms with E-state index in [4.69, 9.17) is 9.15 Å². The molecule has 25 heavy (non-hydrogen) atoms. The topological polar surface area (TPSA) is 63.5 Å². The quantitative estimate of drug-likeness (QED) is 0.622. The van der Waals surface area contributed by atoms with Crippen molar-refractivity contribution in [1.29, 1.82) is 0 Å². The maximum Gasteiger partial charge on any atom is 0.284 e. The summed E-state index contributed by atoms with van der Waals surface area (Å²) in [7, 11) is 0. The minimum absolute atomic E-state index is 0.136. The molecular formula is C17H20F2N2O3S. The van der Waals surface area contributed by atoms with E-state index in [2.05, 4.69) is 10.6 Å². The molecule has 0 bridgehead atoms. The highest BCUT2D eigenvalue weighted by Crippen LogP contribution is 2.21. The number of halogens is 2. The van der Waals surface area contributed by atoms with Gasteiger partial charge in [-0.05, 0) is 24.3 Å². The lowest BCUT2D eigenvalue weighted by Crippen LogP contribution is -2.20. The van der Waals surface area contributed by atoms with Gasteiger partial charge in [-0.2, -0.15) is 8.78 Å². The van der Waals surface area contributed by atoms with Crippen molar-refractivity contribution in [3.63, 3.8) is 0 Å². The van der Waals surface area contributed by atoms with Gasteiger partial charge in [-0.15, -0.1) is 0 Å². The van der Waals surface area contributed by atoms with Crippen LogP contribution in [0.5, 0.6) is 5.75 Å². The van der Waals surface area contributed by atoms with E-state index in [0.29, 0.717) is 54.4 Å². The molecule has 0 saturated carbocycles. The largest absolute Gasteiger partial charge is 0.492 e. The third-order valence-electron chi connectivity index (χ3n) is 3.07. The van der Waals surface area contributed by atoms with Crippen LogP contribution in [0.25, 0.3) is 0 Å². The summed E-state index contributed by atoms with van der Waals surface area (Å²) in [4.78, 5) is 11.0. The molecule has 0 spiro atoms. The molecule has 0 aliphatic heterocycles. The first-order valence-electron chi connectivity index (χ1n) is 7.71. The van der Waals surface area contributed by atoms with Crippen molar-refractivity contribution in [2.75, 3.05) is 18.5 Å². The fraction of sp³-hybridized carbons (Fsp3) is 0.353. The van der Waals surface area contributed by atoms with Gasteiger partial charge in [-0.25, -0.2) is 0 Å². The van der Waals surface area contributed by atoms with E-state index in [0.717, 1.165) is 0 Å². The van der Waals surface area contributed by atoms with E-state index in [1.54, 1.807) is 30.3 Å². The number of alkyl halides is 2. The molecule has 2 aromatic rings. The Kier molecular flexibility index (Phi) is 7.75. The molecule has 0 saturated heterocycles. The number of benzene rings is 1. The molecule has 1 aromatic heterocycles. The van der Waals surface area contributed by atoms with Crippen LogP contribution < -0.4 is 15.4 Å². The standard InChI is InChI=1S/C17H20F2N2O3S/c1-12(22)21-13-3-2-4-14(9-13)23-8-7-20-10-15-5-6-16(24-15)11-25-17(18)19/h2-6,9,17,20H,7-8,10-11H2,1H3,(H,21,22). The van der Waals surface area contributed by atoms with E-state index in [-0.39, 0.29) is 11.7 Å². The predicted molar refractivity (Wildman–Crippen MR) is 94.0 cm³/mol. The highest BCUT2D eigenvalue weighted by Gasteiger charge is 2.07. The second-order valence-corrected chi connectivity index (χ2v) is 6.15. The van der Waals surface area contributed by atoms with Crippen LogP contribution >= 0.6 is 11.8 Å². The van der Waals surface area contributed by atoms with Crippen LogP contribution in [0.1, 0.15) is 18.4 Å². The van der Waals surface area contributed by atoms with Crippen LogP contribution in [-0.4, -0.2) is 24.8 Å². The molecule has 0 aliphatic rings. The first-order chi connectivity index (χ1) is 12.0. The molecule has 5 nitrogen and oxygen atoms in total. The summed E-state index contributed by atoms with van der Waals surface area (Å²) in [5.74, 6) is -0.481. The molecule has 0 aliphatic carbocycles. The Hall–Kier alpha value is -2.06. The molecule has 0 atom stereocenters. The van der Waals surface area contributed by atoms with Gasteiger partial charge < -0.3 is 19.8 Å². The number of amides is 1. The van der Waals surface area contributed by atoms with E-state index < -0.39 is 5.76 Å². The van der Waals surface area contributed by atoms with Crippen molar-refractivity contribution in [2.24, 2.45) is 0 Å². The average Bonchev–Trinajstić information content (AvgIpc) is 3.00. The Morgan fingerprint density at radius 3 is 2.84 bits per heavy atom. The van der Waals surface area contributed by atoms with Gasteiger partial charge >= 0.3 is 0 Å². The number of hydrogen-bond acceptors (Lipinski definition) is 5. The summed E-state index contributed by atoms with van der Waals surface area (Å²) >= 11 is 0.538. The van der Waals surface area contributed by atoms with Crippen LogP contribution in [0.15, 0.2) is 40.8 Å². The van der Waals surface area contributed by atoms with Gasteiger partial charge in [0.05, 0.1) is 12.3 Å². The van der Waals surface area contributed by atoms with Crippen molar-refractivity contribution in [3.05, 3.63) is 47.9 Å². The van der Waals surface area contributed by atoms with Crippen molar-refractivity contribution >= 4 is 23.4 Å². The SMILES string of the molecule is CC(=O)Nc1cccc(OCCNCc2ccc(CSC(F)F)o2)c1. The van der Waals surface area contributed by atoms with Gasteiger partial charge in [-0.1, -0.05) is 17.8 Å². The summed E-state index contributed by atoms with van der Waals surface area (Å²) < 4.78 is 35.3. The Labute approximate surface area is 149 Å². The van der Waals surface area contributed by atoms with Gasteiger partial charge in [0.15, 0.2) is 0 Å². The molecule has 0 unspecified atom stereocenters. The predicted octanol–water partition coefficient (Wildman–Crippen LogP) is 3.86. The van der Waals surface area contributed by atoms with Crippen molar-refractivity contribution in [2.45, 2.75) is 25.0 Å².